The lowest BCUT2D eigenvalue weighted by Crippen LogP contribution is -2.26. The van der Waals surface area contributed by atoms with Gasteiger partial charge in [-0.25, -0.2) is 0 Å². The van der Waals surface area contributed by atoms with Crippen LogP contribution in [0.4, 0.5) is 0 Å². The second-order valence-electron chi connectivity index (χ2n) is 4.27. The Kier molecular flexibility index (Phi) is 4.12. The van der Waals surface area contributed by atoms with Crippen LogP contribution in [0.5, 0.6) is 0 Å². The van der Waals surface area contributed by atoms with Crippen molar-refractivity contribution in [3.8, 4) is 0 Å². The predicted octanol–water partition coefficient (Wildman–Crippen LogP) is 3.22. The van der Waals surface area contributed by atoms with Gasteiger partial charge in [0.2, 0.25) is 0 Å². The number of carbonyl (C=O) groups excluding carboxylic acids is 1. The molecule has 1 aromatic carbocycles. The van der Waals surface area contributed by atoms with Crippen LogP contribution in [0.3, 0.4) is 0 Å². The molecule has 2 rings (SSSR count). The zero-order chi connectivity index (χ0) is 14.0. The summed E-state index contributed by atoms with van der Waals surface area (Å²) in [5.74, 6) is -0.174. The molecule has 0 saturated heterocycles. The van der Waals surface area contributed by atoms with E-state index in [1.807, 2.05) is 13.0 Å². The van der Waals surface area contributed by atoms with E-state index < -0.39 is 0 Å². The Morgan fingerprint density at radius 2 is 2.11 bits per heavy atom. The van der Waals surface area contributed by atoms with Gasteiger partial charge in [0.05, 0.1) is 27.8 Å². The van der Waals surface area contributed by atoms with Crippen molar-refractivity contribution >= 4 is 29.1 Å². The molecule has 19 heavy (non-hydrogen) atoms. The quantitative estimate of drug-likeness (QED) is 0.945. The van der Waals surface area contributed by atoms with Crippen LogP contribution in [0.2, 0.25) is 10.0 Å². The Bertz CT molecular complexity index is 610. The zero-order valence-electron chi connectivity index (χ0n) is 10.5. The first kappa shape index (κ1) is 13.9. The van der Waals surface area contributed by atoms with E-state index in [0.29, 0.717) is 15.6 Å². The third kappa shape index (κ3) is 3.28. The molecule has 0 saturated carbocycles. The lowest BCUT2D eigenvalue weighted by molar-refractivity contribution is 0.0940. The summed E-state index contributed by atoms with van der Waals surface area (Å²) in [6.07, 6.45) is 3.19. The molecule has 0 bridgehead atoms. The standard InChI is InChI=1S/C13H13Cl2N3O/c1-8(9-3-4-11(14)12(15)5-9)17-13(19)10-6-16-18(2)7-10/h3-8H,1-2H3,(H,17,19)/t8-/m1/s1. The molecule has 100 valence electrons. The number of amides is 1. The summed E-state index contributed by atoms with van der Waals surface area (Å²) in [6.45, 7) is 1.88. The van der Waals surface area contributed by atoms with Gasteiger partial charge in [-0.05, 0) is 24.6 Å². The van der Waals surface area contributed by atoms with Crippen LogP contribution in [-0.4, -0.2) is 15.7 Å². The highest BCUT2D eigenvalue weighted by Crippen LogP contribution is 2.25. The predicted molar refractivity (Wildman–Crippen MR) is 75.6 cm³/mol. The lowest BCUT2D eigenvalue weighted by atomic mass is 10.1. The summed E-state index contributed by atoms with van der Waals surface area (Å²) in [7, 11) is 1.76. The third-order valence-corrected chi connectivity index (χ3v) is 3.50. The summed E-state index contributed by atoms with van der Waals surface area (Å²) in [6, 6.07) is 5.13. The van der Waals surface area contributed by atoms with Crippen LogP contribution >= 0.6 is 23.2 Å². The minimum atomic E-state index is -0.174. The minimum Gasteiger partial charge on any atom is -0.345 e. The largest absolute Gasteiger partial charge is 0.345 e. The van der Waals surface area contributed by atoms with Crippen molar-refractivity contribution in [1.29, 1.82) is 0 Å². The molecule has 0 spiro atoms. The number of benzene rings is 1. The first-order valence-electron chi connectivity index (χ1n) is 5.72. The number of halogens is 2. The van der Waals surface area contributed by atoms with Crippen LogP contribution < -0.4 is 5.32 Å². The highest BCUT2D eigenvalue weighted by molar-refractivity contribution is 6.42. The molecule has 6 heteroatoms. The molecule has 0 fully saturated rings. The Hall–Kier alpha value is -1.52. The number of nitrogens with zero attached hydrogens (tertiary/aromatic N) is 2. The van der Waals surface area contributed by atoms with E-state index in [2.05, 4.69) is 10.4 Å². The van der Waals surface area contributed by atoms with E-state index in [9.17, 15) is 4.79 Å². The van der Waals surface area contributed by atoms with Gasteiger partial charge in [0.25, 0.3) is 5.91 Å². The summed E-state index contributed by atoms with van der Waals surface area (Å²) in [5.41, 5.74) is 1.42. The van der Waals surface area contributed by atoms with Crippen molar-refractivity contribution < 1.29 is 4.79 Å². The van der Waals surface area contributed by atoms with Crippen molar-refractivity contribution in [1.82, 2.24) is 15.1 Å². The first-order valence-corrected chi connectivity index (χ1v) is 6.47. The topological polar surface area (TPSA) is 46.9 Å². The van der Waals surface area contributed by atoms with Crippen LogP contribution in [0.1, 0.15) is 28.9 Å². The minimum absolute atomic E-state index is 0.164. The average Bonchev–Trinajstić information content (AvgIpc) is 2.79. The normalized spacial score (nSPS) is 12.2. The fourth-order valence-electron chi connectivity index (χ4n) is 1.68. The Morgan fingerprint density at radius 1 is 1.37 bits per heavy atom. The van der Waals surface area contributed by atoms with Crippen molar-refractivity contribution in [2.24, 2.45) is 7.05 Å². The smallest absolute Gasteiger partial charge is 0.254 e. The molecule has 1 N–H and O–H groups in total. The molecule has 1 aromatic heterocycles. The number of nitrogens with one attached hydrogen (secondary N) is 1. The molecular weight excluding hydrogens is 285 g/mol. The van der Waals surface area contributed by atoms with E-state index in [1.165, 1.54) is 6.20 Å². The van der Waals surface area contributed by atoms with E-state index >= 15 is 0 Å². The fraction of sp³-hybridized carbons (Fsp3) is 0.231. The second-order valence-corrected chi connectivity index (χ2v) is 5.09. The maximum Gasteiger partial charge on any atom is 0.254 e. The summed E-state index contributed by atoms with van der Waals surface area (Å²) < 4.78 is 1.58. The lowest BCUT2D eigenvalue weighted by Gasteiger charge is -2.14. The summed E-state index contributed by atoms with van der Waals surface area (Å²) in [5, 5.41) is 7.81. The second kappa shape index (κ2) is 5.63. The molecule has 0 aliphatic carbocycles. The van der Waals surface area contributed by atoms with Crippen molar-refractivity contribution in [3.05, 3.63) is 51.8 Å². The number of hydrogen-bond acceptors (Lipinski definition) is 2. The third-order valence-electron chi connectivity index (χ3n) is 2.76. The number of hydrogen-bond donors (Lipinski definition) is 1. The van der Waals surface area contributed by atoms with Crippen LogP contribution in [0.15, 0.2) is 30.6 Å². The highest BCUT2D eigenvalue weighted by Gasteiger charge is 2.13. The molecule has 1 heterocycles. The van der Waals surface area contributed by atoms with Gasteiger partial charge >= 0.3 is 0 Å². The maximum atomic E-state index is 12.0. The molecule has 2 aromatic rings. The molecule has 1 atom stereocenters. The van der Waals surface area contributed by atoms with Crippen molar-refractivity contribution in [3.63, 3.8) is 0 Å². The Balaban J connectivity index is 2.10. The van der Waals surface area contributed by atoms with Crippen LogP contribution in [-0.2, 0) is 7.05 Å². The van der Waals surface area contributed by atoms with E-state index in [0.717, 1.165) is 5.56 Å². The number of rotatable bonds is 3. The molecule has 1 amide bonds. The monoisotopic (exact) mass is 297 g/mol. The van der Waals surface area contributed by atoms with Gasteiger partial charge in [-0.2, -0.15) is 5.10 Å². The molecular formula is C13H13Cl2N3O. The molecule has 4 nitrogen and oxygen atoms in total. The van der Waals surface area contributed by atoms with E-state index in [-0.39, 0.29) is 11.9 Å². The van der Waals surface area contributed by atoms with Gasteiger partial charge in [0.1, 0.15) is 0 Å². The van der Waals surface area contributed by atoms with Gasteiger partial charge in [-0.15, -0.1) is 0 Å². The molecule has 0 aliphatic heterocycles. The SMILES string of the molecule is C[C@@H](NC(=O)c1cnn(C)c1)c1ccc(Cl)c(Cl)c1. The first-order chi connectivity index (χ1) is 8.97. The van der Waals surface area contributed by atoms with Crippen molar-refractivity contribution in [2.45, 2.75) is 13.0 Å². The number of aryl methyl sites for hydroxylation is 1. The summed E-state index contributed by atoms with van der Waals surface area (Å²) in [4.78, 5) is 12.0. The molecule has 0 unspecified atom stereocenters. The van der Waals surface area contributed by atoms with Gasteiger partial charge in [-0.1, -0.05) is 29.3 Å². The van der Waals surface area contributed by atoms with Gasteiger partial charge in [-0.3, -0.25) is 9.48 Å². The van der Waals surface area contributed by atoms with Gasteiger partial charge in [0, 0.05) is 13.2 Å². The van der Waals surface area contributed by atoms with E-state index in [4.69, 9.17) is 23.2 Å². The summed E-state index contributed by atoms with van der Waals surface area (Å²) >= 11 is 11.8. The van der Waals surface area contributed by atoms with Crippen molar-refractivity contribution in [2.75, 3.05) is 0 Å². The number of carbonyl (C=O) groups is 1. The van der Waals surface area contributed by atoms with E-state index in [1.54, 1.807) is 30.1 Å². The Morgan fingerprint density at radius 3 is 2.68 bits per heavy atom. The van der Waals surface area contributed by atoms with Crippen LogP contribution in [0, 0.1) is 0 Å². The Labute approximate surface area is 121 Å². The fourth-order valence-corrected chi connectivity index (χ4v) is 1.99. The van der Waals surface area contributed by atoms with Gasteiger partial charge < -0.3 is 5.32 Å². The van der Waals surface area contributed by atoms with Crippen LogP contribution in [0.25, 0.3) is 0 Å². The highest BCUT2D eigenvalue weighted by atomic mass is 35.5. The average molecular weight is 298 g/mol. The maximum absolute atomic E-state index is 12.0. The number of aromatic nitrogens is 2. The van der Waals surface area contributed by atoms with Gasteiger partial charge in [0.15, 0.2) is 0 Å². The molecule has 0 aliphatic rings. The molecule has 0 radical (unpaired) electrons. The zero-order valence-corrected chi connectivity index (χ0v) is 12.0.